The minimum Gasteiger partial charge on any atom is -0.494 e. The topological polar surface area (TPSA) is 122 Å². The van der Waals surface area contributed by atoms with Gasteiger partial charge in [0.25, 0.3) is 10.0 Å². The van der Waals surface area contributed by atoms with E-state index in [1.807, 2.05) is 6.92 Å². The molecule has 0 aliphatic rings. The number of sulfonamides is 2. The normalized spacial score (nSPS) is 12.5. The van der Waals surface area contributed by atoms with Gasteiger partial charge in [0.2, 0.25) is 15.9 Å². The Hall–Kier alpha value is -3.28. The van der Waals surface area contributed by atoms with Crippen LogP contribution in [0.3, 0.4) is 0 Å². The maximum atomic E-state index is 13.0. The Kier molecular flexibility index (Phi) is 8.72. The minimum atomic E-state index is -3.88. The summed E-state index contributed by atoms with van der Waals surface area (Å²) in [6.07, 6.45) is 1.01. The lowest BCUT2D eigenvalue weighted by Gasteiger charge is -2.29. The Morgan fingerprint density at radius 3 is 2.14 bits per heavy atom. The molecule has 3 rings (SSSR count). The third-order valence-corrected chi connectivity index (χ3v) is 8.21. The van der Waals surface area contributed by atoms with Crippen LogP contribution < -0.4 is 19.1 Å². The Bertz CT molecular complexity index is 1480. The van der Waals surface area contributed by atoms with Gasteiger partial charge in [0.05, 0.1) is 23.4 Å². The van der Waals surface area contributed by atoms with E-state index >= 15 is 0 Å². The highest BCUT2D eigenvalue weighted by molar-refractivity contribution is 7.92. The summed E-state index contributed by atoms with van der Waals surface area (Å²) < 4.78 is 59.5. The van der Waals surface area contributed by atoms with E-state index in [1.54, 1.807) is 43.3 Å². The van der Waals surface area contributed by atoms with Crippen LogP contribution in [0.1, 0.15) is 19.4 Å². The minimum absolute atomic E-state index is 0.0141. The Morgan fingerprint density at radius 1 is 0.973 bits per heavy atom. The van der Waals surface area contributed by atoms with E-state index in [9.17, 15) is 21.6 Å². The second-order valence-corrected chi connectivity index (χ2v) is 12.2. The Balaban J connectivity index is 1.75. The number of hydrogen-bond acceptors (Lipinski definition) is 6. The van der Waals surface area contributed by atoms with Gasteiger partial charge in [-0.2, -0.15) is 0 Å². The number of hydrogen-bond donors (Lipinski definition) is 2. The monoisotopic (exact) mass is 565 g/mol. The van der Waals surface area contributed by atoms with Crippen molar-refractivity contribution in [2.24, 2.45) is 0 Å². The fraction of sp³-hybridized carbons (Fsp3) is 0.240. The summed E-state index contributed by atoms with van der Waals surface area (Å²) in [5.41, 5.74) is 1.59. The lowest BCUT2D eigenvalue weighted by atomic mass is 10.1. The third kappa shape index (κ3) is 7.15. The zero-order chi connectivity index (χ0) is 27.4. The van der Waals surface area contributed by atoms with Gasteiger partial charge in [-0.05, 0) is 87.0 Å². The molecule has 0 bridgehead atoms. The van der Waals surface area contributed by atoms with Crippen molar-refractivity contribution in [2.45, 2.75) is 31.7 Å². The van der Waals surface area contributed by atoms with E-state index in [1.165, 1.54) is 37.3 Å². The molecule has 0 fully saturated rings. The highest BCUT2D eigenvalue weighted by atomic mass is 35.5. The number of carbonyl (C=O) groups is 1. The van der Waals surface area contributed by atoms with E-state index in [-0.39, 0.29) is 4.90 Å². The summed E-state index contributed by atoms with van der Waals surface area (Å²) in [7, 11) is -7.72. The van der Waals surface area contributed by atoms with Crippen LogP contribution in [0.4, 0.5) is 17.1 Å². The first-order valence-electron chi connectivity index (χ1n) is 11.2. The SMILES string of the molecule is CCOc1ccc(NS(=O)(=O)c2ccc(NC(=O)[C@H](C)N(c3cc(Cl)ccc3C)S(C)(=O)=O)cc2)cc1. The number of rotatable bonds is 10. The zero-order valence-corrected chi connectivity index (χ0v) is 23.1. The molecule has 0 aliphatic heterocycles. The molecule has 9 nitrogen and oxygen atoms in total. The van der Waals surface area contributed by atoms with E-state index in [4.69, 9.17) is 16.3 Å². The molecule has 12 heteroatoms. The zero-order valence-electron chi connectivity index (χ0n) is 20.7. The molecule has 0 heterocycles. The van der Waals surface area contributed by atoms with Crippen molar-refractivity contribution in [2.75, 3.05) is 27.2 Å². The molecule has 2 N–H and O–H groups in total. The molecule has 0 aliphatic carbocycles. The molecular weight excluding hydrogens is 538 g/mol. The van der Waals surface area contributed by atoms with Gasteiger partial charge >= 0.3 is 0 Å². The number of aryl methyl sites for hydroxylation is 1. The summed E-state index contributed by atoms with van der Waals surface area (Å²) in [5.74, 6) is 0.0210. The quantitative estimate of drug-likeness (QED) is 0.369. The highest BCUT2D eigenvalue weighted by Gasteiger charge is 2.30. The molecule has 0 spiro atoms. The number of anilines is 3. The van der Waals surface area contributed by atoms with Crippen LogP contribution in [0, 0.1) is 6.92 Å². The molecule has 0 aromatic heterocycles. The summed E-state index contributed by atoms with van der Waals surface area (Å²) in [4.78, 5) is 13.0. The van der Waals surface area contributed by atoms with Crippen LogP contribution in [0.2, 0.25) is 5.02 Å². The first-order valence-corrected chi connectivity index (χ1v) is 14.9. The van der Waals surface area contributed by atoms with Crippen LogP contribution in [0.5, 0.6) is 5.75 Å². The summed E-state index contributed by atoms with van der Waals surface area (Å²) in [6, 6.07) is 15.7. The maximum Gasteiger partial charge on any atom is 0.261 e. The van der Waals surface area contributed by atoms with Crippen molar-refractivity contribution in [1.82, 2.24) is 0 Å². The molecular formula is C25H28ClN3O6S2. The molecule has 0 radical (unpaired) electrons. The molecule has 1 amide bonds. The van der Waals surface area contributed by atoms with Crippen molar-refractivity contribution in [3.05, 3.63) is 77.3 Å². The second kappa shape index (κ2) is 11.4. The number of ether oxygens (including phenoxy) is 1. The van der Waals surface area contributed by atoms with E-state index in [2.05, 4.69) is 10.0 Å². The molecule has 0 unspecified atom stereocenters. The molecule has 3 aromatic rings. The van der Waals surface area contributed by atoms with Crippen LogP contribution in [0.25, 0.3) is 0 Å². The van der Waals surface area contributed by atoms with Crippen LogP contribution in [-0.2, 0) is 24.8 Å². The molecule has 1 atom stereocenters. The van der Waals surface area contributed by atoms with Gasteiger partial charge < -0.3 is 10.1 Å². The van der Waals surface area contributed by atoms with Gasteiger partial charge in [-0.3, -0.25) is 13.8 Å². The summed E-state index contributed by atoms with van der Waals surface area (Å²) in [6.45, 7) is 5.52. The van der Waals surface area contributed by atoms with E-state index in [0.717, 1.165) is 10.6 Å². The van der Waals surface area contributed by atoms with Gasteiger partial charge in [0.1, 0.15) is 11.8 Å². The largest absolute Gasteiger partial charge is 0.494 e. The van der Waals surface area contributed by atoms with Crippen molar-refractivity contribution in [3.8, 4) is 5.75 Å². The van der Waals surface area contributed by atoms with E-state index < -0.39 is 32.0 Å². The van der Waals surface area contributed by atoms with Gasteiger partial charge in [-0.1, -0.05) is 17.7 Å². The molecule has 0 saturated heterocycles. The highest BCUT2D eigenvalue weighted by Crippen LogP contribution is 2.29. The number of benzene rings is 3. The summed E-state index contributed by atoms with van der Waals surface area (Å²) >= 11 is 6.07. The average molecular weight is 566 g/mol. The van der Waals surface area contributed by atoms with Gasteiger partial charge in [-0.15, -0.1) is 0 Å². The predicted octanol–water partition coefficient (Wildman–Crippen LogP) is 4.64. The van der Waals surface area contributed by atoms with Gasteiger partial charge in [0.15, 0.2) is 0 Å². The van der Waals surface area contributed by atoms with Crippen LogP contribution in [0.15, 0.2) is 71.6 Å². The average Bonchev–Trinajstić information content (AvgIpc) is 2.82. The molecule has 0 saturated carbocycles. The van der Waals surface area contributed by atoms with Crippen molar-refractivity contribution >= 4 is 54.6 Å². The lowest BCUT2D eigenvalue weighted by Crippen LogP contribution is -2.45. The van der Waals surface area contributed by atoms with Crippen molar-refractivity contribution in [3.63, 3.8) is 0 Å². The first kappa shape index (κ1) is 28.3. The predicted molar refractivity (Wildman–Crippen MR) is 146 cm³/mol. The molecule has 198 valence electrons. The van der Waals surface area contributed by atoms with Gasteiger partial charge in [-0.25, -0.2) is 16.8 Å². The van der Waals surface area contributed by atoms with Crippen LogP contribution >= 0.6 is 11.6 Å². The Morgan fingerprint density at radius 2 is 1.57 bits per heavy atom. The van der Waals surface area contributed by atoms with Crippen molar-refractivity contribution in [1.29, 1.82) is 0 Å². The Labute approximate surface area is 222 Å². The van der Waals surface area contributed by atoms with Gasteiger partial charge in [0, 0.05) is 16.4 Å². The number of nitrogens with one attached hydrogen (secondary N) is 2. The second-order valence-electron chi connectivity index (χ2n) is 8.24. The maximum absolute atomic E-state index is 13.0. The number of nitrogens with zero attached hydrogens (tertiary/aromatic N) is 1. The lowest BCUT2D eigenvalue weighted by molar-refractivity contribution is -0.116. The van der Waals surface area contributed by atoms with E-state index in [0.29, 0.717) is 40.0 Å². The van der Waals surface area contributed by atoms with Crippen LogP contribution in [-0.4, -0.2) is 41.6 Å². The molecule has 3 aromatic carbocycles. The fourth-order valence-corrected chi connectivity index (χ4v) is 6.01. The first-order chi connectivity index (χ1) is 17.3. The summed E-state index contributed by atoms with van der Waals surface area (Å²) in [5, 5.41) is 2.97. The number of amides is 1. The number of carbonyl (C=O) groups excluding carboxylic acids is 1. The van der Waals surface area contributed by atoms with Crippen molar-refractivity contribution < 1.29 is 26.4 Å². The standard InChI is InChI=1S/C25H28ClN3O6S2/c1-5-35-22-12-8-21(9-13-22)28-37(33,34)23-14-10-20(11-15-23)27-25(30)18(3)29(36(4,31)32)24-16-19(26)7-6-17(24)2/h6-16,18,28H,5H2,1-4H3,(H,27,30)/t18-/m0/s1. The molecule has 37 heavy (non-hydrogen) atoms. The smallest absolute Gasteiger partial charge is 0.261 e. The fourth-order valence-electron chi connectivity index (χ4n) is 3.57. The number of halogens is 1. The third-order valence-electron chi connectivity index (χ3n) is 5.35.